The minimum absolute atomic E-state index is 0.0725. The van der Waals surface area contributed by atoms with Crippen molar-refractivity contribution in [3.63, 3.8) is 0 Å². The lowest BCUT2D eigenvalue weighted by molar-refractivity contribution is -0.138. The summed E-state index contributed by atoms with van der Waals surface area (Å²) < 4.78 is 1.84. The van der Waals surface area contributed by atoms with Crippen LogP contribution in [0.4, 0.5) is 5.82 Å². The van der Waals surface area contributed by atoms with Crippen molar-refractivity contribution in [3.05, 3.63) is 12.3 Å². The van der Waals surface area contributed by atoms with Crippen molar-refractivity contribution in [2.45, 2.75) is 39.2 Å². The molecular weight excluding hydrogens is 284 g/mol. The fraction of sp³-hybridized carbons (Fsp3) is 0.667. The van der Waals surface area contributed by atoms with Gasteiger partial charge in [0.05, 0.1) is 25.3 Å². The summed E-state index contributed by atoms with van der Waals surface area (Å²) in [5.74, 6) is 0.184. The largest absolute Gasteiger partial charge is 0.480 e. The van der Waals surface area contributed by atoms with E-state index >= 15 is 0 Å². The molecule has 2 N–H and O–H groups in total. The van der Waals surface area contributed by atoms with Crippen LogP contribution in [0.2, 0.25) is 0 Å². The van der Waals surface area contributed by atoms with Crippen molar-refractivity contribution >= 4 is 17.7 Å². The van der Waals surface area contributed by atoms with Gasteiger partial charge in [-0.1, -0.05) is 6.92 Å². The van der Waals surface area contributed by atoms with Crippen LogP contribution in [0.1, 0.15) is 39.2 Å². The minimum atomic E-state index is -0.923. The summed E-state index contributed by atoms with van der Waals surface area (Å²) in [5, 5.41) is 16.0. The second-order valence-corrected chi connectivity index (χ2v) is 5.89. The van der Waals surface area contributed by atoms with E-state index in [1.54, 1.807) is 17.2 Å². The lowest BCUT2D eigenvalue weighted by Crippen LogP contribution is -2.37. The molecule has 22 heavy (non-hydrogen) atoms. The van der Waals surface area contributed by atoms with Crippen LogP contribution < -0.4 is 5.32 Å². The summed E-state index contributed by atoms with van der Waals surface area (Å²) in [4.78, 5) is 24.6. The fourth-order valence-electron chi connectivity index (χ4n) is 2.62. The third-order valence-corrected chi connectivity index (χ3v) is 3.89. The zero-order valence-corrected chi connectivity index (χ0v) is 13.2. The highest BCUT2D eigenvalue weighted by Crippen LogP contribution is 2.40. The van der Waals surface area contributed by atoms with Crippen molar-refractivity contribution < 1.29 is 14.7 Å². The van der Waals surface area contributed by atoms with E-state index in [2.05, 4.69) is 17.3 Å². The highest BCUT2D eigenvalue weighted by Gasteiger charge is 2.30. The molecule has 122 valence electrons. The van der Waals surface area contributed by atoms with Crippen molar-refractivity contribution in [3.8, 4) is 0 Å². The van der Waals surface area contributed by atoms with Crippen LogP contribution in [0, 0.1) is 5.92 Å². The molecule has 7 nitrogen and oxygen atoms in total. The van der Waals surface area contributed by atoms with Gasteiger partial charge in [-0.3, -0.25) is 14.5 Å². The number of hydrogen-bond acceptors (Lipinski definition) is 4. The van der Waals surface area contributed by atoms with E-state index in [0.717, 1.165) is 6.42 Å². The number of rotatable bonds is 9. The van der Waals surface area contributed by atoms with Gasteiger partial charge in [-0.25, -0.2) is 4.68 Å². The Morgan fingerprint density at radius 3 is 2.82 bits per heavy atom. The molecule has 0 aromatic carbocycles. The maximum Gasteiger partial charge on any atom is 0.317 e. The van der Waals surface area contributed by atoms with Crippen LogP contribution in [0.3, 0.4) is 0 Å². The molecule has 0 saturated heterocycles. The van der Waals surface area contributed by atoms with Gasteiger partial charge in [0.1, 0.15) is 5.82 Å². The zero-order chi connectivity index (χ0) is 16.1. The first kappa shape index (κ1) is 16.5. The molecule has 1 aliphatic rings. The lowest BCUT2D eigenvalue weighted by Gasteiger charge is -2.20. The summed E-state index contributed by atoms with van der Waals surface area (Å²) in [6.45, 7) is 4.59. The van der Waals surface area contributed by atoms with Gasteiger partial charge in [0, 0.05) is 6.07 Å². The fourth-order valence-corrected chi connectivity index (χ4v) is 2.62. The minimum Gasteiger partial charge on any atom is -0.480 e. The molecule has 1 fully saturated rings. The monoisotopic (exact) mass is 308 g/mol. The Labute approximate surface area is 130 Å². The SMILES string of the molecule is CCCN(CC(=O)O)CC(=O)Nc1ccnn1C(C)C1CC1. The van der Waals surface area contributed by atoms with E-state index in [0.29, 0.717) is 18.3 Å². The smallest absolute Gasteiger partial charge is 0.317 e. The van der Waals surface area contributed by atoms with E-state index in [9.17, 15) is 9.59 Å². The first-order valence-corrected chi connectivity index (χ1v) is 7.78. The first-order valence-electron chi connectivity index (χ1n) is 7.78. The topological polar surface area (TPSA) is 87.5 Å². The standard InChI is InChI=1S/C15H24N4O3/c1-3-8-18(10-15(21)22)9-14(20)17-13-6-7-16-19(13)11(2)12-4-5-12/h6-7,11-12H,3-5,8-10H2,1-2H3,(H,17,20)(H,21,22). The van der Waals surface area contributed by atoms with Crippen LogP contribution in [-0.4, -0.2) is 51.3 Å². The molecule has 1 atom stereocenters. The number of aliphatic carboxylic acids is 1. The van der Waals surface area contributed by atoms with E-state index < -0.39 is 5.97 Å². The molecule has 0 aliphatic heterocycles. The molecule has 1 amide bonds. The van der Waals surface area contributed by atoms with Gasteiger partial charge in [0.2, 0.25) is 5.91 Å². The number of nitrogens with zero attached hydrogens (tertiary/aromatic N) is 3. The second kappa shape index (κ2) is 7.40. The van der Waals surface area contributed by atoms with Crippen molar-refractivity contribution in [1.29, 1.82) is 0 Å². The zero-order valence-electron chi connectivity index (χ0n) is 13.2. The van der Waals surface area contributed by atoms with Gasteiger partial charge in [-0.05, 0) is 38.6 Å². The Hall–Kier alpha value is -1.89. The average molecular weight is 308 g/mol. The Bertz CT molecular complexity index is 525. The maximum atomic E-state index is 12.2. The normalized spacial score (nSPS) is 15.8. The third kappa shape index (κ3) is 4.56. The molecule has 2 rings (SSSR count). The van der Waals surface area contributed by atoms with Crippen LogP contribution in [0.15, 0.2) is 12.3 Å². The molecule has 1 aromatic rings. The highest BCUT2D eigenvalue weighted by atomic mass is 16.4. The van der Waals surface area contributed by atoms with E-state index in [4.69, 9.17) is 5.11 Å². The molecule has 1 aliphatic carbocycles. The first-order chi connectivity index (χ1) is 10.5. The summed E-state index contributed by atoms with van der Waals surface area (Å²) in [5.41, 5.74) is 0. The number of anilines is 1. The Morgan fingerprint density at radius 1 is 1.50 bits per heavy atom. The van der Waals surface area contributed by atoms with Crippen molar-refractivity contribution in [1.82, 2.24) is 14.7 Å². The van der Waals surface area contributed by atoms with Crippen LogP contribution in [0.25, 0.3) is 0 Å². The molecule has 1 saturated carbocycles. The summed E-state index contributed by atoms with van der Waals surface area (Å²) >= 11 is 0. The maximum absolute atomic E-state index is 12.2. The van der Waals surface area contributed by atoms with Gasteiger partial charge < -0.3 is 10.4 Å². The number of aromatic nitrogens is 2. The number of carboxylic acids is 1. The molecule has 1 aromatic heterocycles. The average Bonchev–Trinajstić information content (AvgIpc) is 3.18. The van der Waals surface area contributed by atoms with E-state index in [-0.39, 0.29) is 25.0 Å². The molecular formula is C15H24N4O3. The number of hydrogen-bond donors (Lipinski definition) is 2. The number of nitrogens with one attached hydrogen (secondary N) is 1. The summed E-state index contributed by atoms with van der Waals surface area (Å²) in [6.07, 6.45) is 4.89. The van der Waals surface area contributed by atoms with E-state index in [1.165, 1.54) is 12.8 Å². The molecule has 7 heteroatoms. The Morgan fingerprint density at radius 2 is 2.23 bits per heavy atom. The summed E-state index contributed by atoms with van der Waals surface area (Å²) in [6, 6.07) is 2.05. The number of carbonyl (C=O) groups excluding carboxylic acids is 1. The Balaban J connectivity index is 1.93. The number of carbonyl (C=O) groups is 2. The predicted molar refractivity (Wildman–Crippen MR) is 82.7 cm³/mol. The van der Waals surface area contributed by atoms with Gasteiger partial charge in [0.15, 0.2) is 0 Å². The Kier molecular flexibility index (Phi) is 5.54. The number of amides is 1. The van der Waals surface area contributed by atoms with Gasteiger partial charge in [-0.2, -0.15) is 5.10 Å². The summed E-state index contributed by atoms with van der Waals surface area (Å²) in [7, 11) is 0. The highest BCUT2D eigenvalue weighted by molar-refractivity contribution is 5.91. The van der Waals surface area contributed by atoms with Gasteiger partial charge in [-0.15, -0.1) is 0 Å². The quantitative estimate of drug-likeness (QED) is 0.723. The second-order valence-electron chi connectivity index (χ2n) is 5.89. The molecule has 0 bridgehead atoms. The van der Waals surface area contributed by atoms with Crippen LogP contribution >= 0.6 is 0 Å². The predicted octanol–water partition coefficient (Wildman–Crippen LogP) is 1.59. The number of carboxylic acid groups (broad SMARTS) is 1. The van der Waals surface area contributed by atoms with E-state index in [1.807, 2.05) is 11.6 Å². The molecule has 1 unspecified atom stereocenters. The third-order valence-electron chi connectivity index (χ3n) is 3.89. The van der Waals surface area contributed by atoms with Crippen molar-refractivity contribution in [2.24, 2.45) is 5.92 Å². The van der Waals surface area contributed by atoms with Crippen molar-refractivity contribution in [2.75, 3.05) is 25.0 Å². The van der Waals surface area contributed by atoms with Crippen LogP contribution in [0.5, 0.6) is 0 Å². The van der Waals surface area contributed by atoms with Gasteiger partial charge in [0.25, 0.3) is 0 Å². The molecule has 1 heterocycles. The lowest BCUT2D eigenvalue weighted by atomic mass is 10.2. The molecule has 0 spiro atoms. The van der Waals surface area contributed by atoms with Crippen LogP contribution in [-0.2, 0) is 9.59 Å². The molecule has 0 radical (unpaired) electrons. The van der Waals surface area contributed by atoms with Gasteiger partial charge >= 0.3 is 5.97 Å².